The number of hydrogen-bond acceptors (Lipinski definition) is 5. The molecule has 0 saturated carbocycles. The molecule has 4 rings (SSSR count). The van der Waals surface area contributed by atoms with Crippen molar-refractivity contribution in [2.45, 2.75) is 26.3 Å². The number of hydroxylamine groups is 2. The predicted molar refractivity (Wildman–Crippen MR) is 86.9 cm³/mol. The lowest BCUT2D eigenvalue weighted by Crippen LogP contribution is -2.38. The molecule has 3 saturated heterocycles. The Labute approximate surface area is 142 Å². The lowest BCUT2D eigenvalue weighted by atomic mass is 9.81. The zero-order valence-electron chi connectivity index (χ0n) is 14.3. The molecule has 1 aromatic heterocycles. The van der Waals surface area contributed by atoms with Crippen LogP contribution in [0.25, 0.3) is 0 Å². The van der Waals surface area contributed by atoms with E-state index in [2.05, 4.69) is 11.0 Å². The molecule has 3 fully saturated rings. The van der Waals surface area contributed by atoms with Gasteiger partial charge in [0.05, 0.1) is 32.9 Å². The number of nitrogens with zero attached hydrogens (tertiary/aromatic N) is 2. The van der Waals surface area contributed by atoms with Gasteiger partial charge in [-0.3, -0.25) is 14.5 Å². The van der Waals surface area contributed by atoms with E-state index in [-0.39, 0.29) is 5.91 Å². The van der Waals surface area contributed by atoms with E-state index in [0.717, 1.165) is 50.7 Å². The largest absolute Gasteiger partial charge is 0.465 e. The maximum Gasteiger partial charge on any atom is 0.246 e. The summed E-state index contributed by atoms with van der Waals surface area (Å²) in [5.41, 5.74) is 0. The van der Waals surface area contributed by atoms with E-state index in [4.69, 9.17) is 14.0 Å². The van der Waals surface area contributed by atoms with Crippen LogP contribution in [0.1, 0.15) is 24.4 Å². The molecule has 0 spiro atoms. The second kappa shape index (κ2) is 6.86. The average Bonchev–Trinajstić information content (AvgIpc) is 3.28. The number of furan rings is 1. The van der Waals surface area contributed by atoms with Crippen molar-refractivity contribution < 1.29 is 18.8 Å². The topological polar surface area (TPSA) is 55.2 Å². The minimum absolute atomic E-state index is 0.113. The molecule has 6 heteroatoms. The summed E-state index contributed by atoms with van der Waals surface area (Å²) < 4.78 is 11.5. The van der Waals surface area contributed by atoms with Crippen molar-refractivity contribution in [3.63, 3.8) is 0 Å². The quantitative estimate of drug-likeness (QED) is 0.841. The Morgan fingerprint density at radius 1 is 1.29 bits per heavy atom. The van der Waals surface area contributed by atoms with Gasteiger partial charge in [0.1, 0.15) is 11.5 Å². The molecule has 0 N–H and O–H groups in total. The number of carbonyl (C=O) groups is 1. The van der Waals surface area contributed by atoms with Gasteiger partial charge >= 0.3 is 0 Å². The molecule has 1 amide bonds. The van der Waals surface area contributed by atoms with Crippen molar-refractivity contribution in [2.75, 3.05) is 39.5 Å². The molecular weight excluding hydrogens is 308 g/mol. The fourth-order valence-corrected chi connectivity index (χ4v) is 4.29. The first kappa shape index (κ1) is 16.1. The smallest absolute Gasteiger partial charge is 0.246 e. The lowest BCUT2D eigenvalue weighted by Gasteiger charge is -2.33. The van der Waals surface area contributed by atoms with Crippen LogP contribution in [0.4, 0.5) is 0 Å². The number of amides is 1. The molecule has 6 nitrogen and oxygen atoms in total. The molecule has 0 radical (unpaired) electrons. The third-order valence-corrected chi connectivity index (χ3v) is 5.48. The molecule has 3 atom stereocenters. The highest BCUT2D eigenvalue weighted by atomic mass is 16.7. The Kier molecular flexibility index (Phi) is 4.61. The first-order chi connectivity index (χ1) is 11.7. The van der Waals surface area contributed by atoms with Gasteiger partial charge in [0, 0.05) is 19.5 Å². The monoisotopic (exact) mass is 334 g/mol. The second-order valence-corrected chi connectivity index (χ2v) is 7.31. The number of rotatable bonds is 4. The van der Waals surface area contributed by atoms with Gasteiger partial charge in [-0.05, 0) is 43.2 Å². The zero-order chi connectivity index (χ0) is 16.5. The maximum atomic E-state index is 12.4. The normalized spacial score (nSPS) is 30.7. The van der Waals surface area contributed by atoms with Crippen molar-refractivity contribution in [1.82, 2.24) is 9.96 Å². The third-order valence-electron chi connectivity index (χ3n) is 5.48. The Balaban J connectivity index is 1.36. The van der Waals surface area contributed by atoms with Crippen molar-refractivity contribution in [3.05, 3.63) is 23.7 Å². The SMILES string of the molecule is Cc1ccc(CN2C[C@@H]3COC[C@@H](CC(=O)N4CCCO4)[C@@H]3C2)o1. The van der Waals surface area contributed by atoms with E-state index in [1.54, 1.807) is 5.06 Å². The lowest BCUT2D eigenvalue weighted by molar-refractivity contribution is -0.171. The molecule has 0 aliphatic carbocycles. The van der Waals surface area contributed by atoms with Crippen LogP contribution < -0.4 is 0 Å². The Bertz CT molecular complexity index is 581. The molecule has 0 bridgehead atoms. The summed E-state index contributed by atoms with van der Waals surface area (Å²) in [6.07, 6.45) is 1.48. The average molecular weight is 334 g/mol. The number of fused-ring (bicyclic) bond motifs is 1. The van der Waals surface area contributed by atoms with Gasteiger partial charge < -0.3 is 9.15 Å². The third kappa shape index (κ3) is 3.36. The highest BCUT2D eigenvalue weighted by Crippen LogP contribution is 2.36. The van der Waals surface area contributed by atoms with Crippen LogP contribution >= 0.6 is 0 Å². The minimum atomic E-state index is 0.113. The Hall–Kier alpha value is -1.37. The first-order valence-electron chi connectivity index (χ1n) is 8.98. The van der Waals surface area contributed by atoms with Crippen LogP contribution in [0, 0.1) is 24.7 Å². The predicted octanol–water partition coefficient (Wildman–Crippen LogP) is 1.84. The van der Waals surface area contributed by atoms with Crippen LogP contribution in [0.15, 0.2) is 16.5 Å². The molecule has 3 aliphatic heterocycles. The van der Waals surface area contributed by atoms with E-state index in [9.17, 15) is 4.79 Å². The van der Waals surface area contributed by atoms with E-state index in [1.807, 2.05) is 13.0 Å². The van der Waals surface area contributed by atoms with Crippen molar-refractivity contribution in [2.24, 2.45) is 17.8 Å². The van der Waals surface area contributed by atoms with Gasteiger partial charge in [0.25, 0.3) is 0 Å². The van der Waals surface area contributed by atoms with Gasteiger partial charge in [0.2, 0.25) is 5.91 Å². The van der Waals surface area contributed by atoms with E-state index < -0.39 is 0 Å². The van der Waals surface area contributed by atoms with Crippen molar-refractivity contribution in [1.29, 1.82) is 0 Å². The Morgan fingerprint density at radius 2 is 2.21 bits per heavy atom. The van der Waals surface area contributed by atoms with Gasteiger partial charge in [0.15, 0.2) is 0 Å². The van der Waals surface area contributed by atoms with Crippen LogP contribution in [-0.4, -0.2) is 55.3 Å². The minimum Gasteiger partial charge on any atom is -0.465 e. The number of hydrogen-bond donors (Lipinski definition) is 0. The highest BCUT2D eigenvalue weighted by Gasteiger charge is 2.42. The molecule has 0 unspecified atom stereocenters. The first-order valence-corrected chi connectivity index (χ1v) is 8.98. The number of ether oxygens (including phenoxy) is 1. The fourth-order valence-electron chi connectivity index (χ4n) is 4.29. The van der Waals surface area contributed by atoms with Gasteiger partial charge in [-0.1, -0.05) is 0 Å². The molecule has 4 heterocycles. The molecular formula is C18H26N2O4. The number of carbonyl (C=O) groups excluding carboxylic acids is 1. The van der Waals surface area contributed by atoms with E-state index in [0.29, 0.717) is 37.4 Å². The van der Waals surface area contributed by atoms with Crippen LogP contribution in [0.3, 0.4) is 0 Å². The summed E-state index contributed by atoms with van der Waals surface area (Å²) in [5, 5.41) is 1.54. The summed E-state index contributed by atoms with van der Waals surface area (Å²) >= 11 is 0. The maximum absolute atomic E-state index is 12.4. The molecule has 0 aromatic carbocycles. The standard InChI is InChI=1S/C18H26N2O4/c1-13-3-4-16(24-13)9-19-8-15-12-22-11-14(17(15)10-19)7-18(21)20-5-2-6-23-20/h3-4,14-15,17H,2,5-12H2,1H3/t14-,15-,17+/m1/s1. The van der Waals surface area contributed by atoms with Gasteiger partial charge in [-0.25, -0.2) is 5.06 Å². The van der Waals surface area contributed by atoms with E-state index >= 15 is 0 Å². The summed E-state index contributed by atoms with van der Waals surface area (Å²) in [6.45, 7) is 7.75. The summed E-state index contributed by atoms with van der Waals surface area (Å²) in [4.78, 5) is 20.2. The molecule has 132 valence electrons. The number of aryl methyl sites for hydroxylation is 1. The van der Waals surface area contributed by atoms with Gasteiger partial charge in [-0.2, -0.15) is 0 Å². The summed E-state index contributed by atoms with van der Waals surface area (Å²) in [6, 6.07) is 4.07. The fraction of sp³-hybridized carbons (Fsp3) is 0.722. The van der Waals surface area contributed by atoms with Crippen LogP contribution in [-0.2, 0) is 20.9 Å². The summed E-state index contributed by atoms with van der Waals surface area (Å²) in [5.74, 6) is 3.43. The number of likely N-dealkylation sites (tertiary alicyclic amines) is 1. The van der Waals surface area contributed by atoms with Gasteiger partial charge in [-0.15, -0.1) is 0 Å². The Morgan fingerprint density at radius 3 is 2.96 bits per heavy atom. The zero-order valence-corrected chi connectivity index (χ0v) is 14.3. The highest BCUT2D eigenvalue weighted by molar-refractivity contribution is 5.75. The second-order valence-electron chi connectivity index (χ2n) is 7.31. The summed E-state index contributed by atoms with van der Waals surface area (Å²) in [7, 11) is 0. The van der Waals surface area contributed by atoms with E-state index in [1.165, 1.54) is 0 Å². The molecule has 3 aliphatic rings. The molecule has 24 heavy (non-hydrogen) atoms. The van der Waals surface area contributed by atoms with Crippen LogP contribution in [0.5, 0.6) is 0 Å². The molecule has 1 aromatic rings. The van der Waals surface area contributed by atoms with Crippen molar-refractivity contribution >= 4 is 5.91 Å². The van der Waals surface area contributed by atoms with Crippen LogP contribution in [0.2, 0.25) is 0 Å². The van der Waals surface area contributed by atoms with Crippen molar-refractivity contribution in [3.8, 4) is 0 Å².